The average Bonchev–Trinajstić information content (AvgIpc) is 2.25. The molecule has 1 aromatic carbocycles. The molecule has 0 aromatic heterocycles. The van der Waals surface area contributed by atoms with Crippen LogP contribution in [-0.2, 0) is 0 Å². The molecule has 0 aliphatic heterocycles. The summed E-state index contributed by atoms with van der Waals surface area (Å²) in [7, 11) is 0. The van der Waals surface area contributed by atoms with E-state index in [0.29, 0.717) is 6.42 Å². The summed E-state index contributed by atoms with van der Waals surface area (Å²) in [4.78, 5) is 11.9. The Hall–Kier alpha value is -1.40. The lowest BCUT2D eigenvalue weighted by Gasteiger charge is -2.08. The van der Waals surface area contributed by atoms with E-state index in [9.17, 15) is 9.18 Å². The lowest BCUT2D eigenvalue weighted by molar-refractivity contribution is 0.0943. The summed E-state index contributed by atoms with van der Waals surface area (Å²) in [5.74, 6) is -1.53. The van der Waals surface area contributed by atoms with Crippen LogP contribution in [0.4, 0.5) is 4.39 Å². The number of carbonyl (C=O) groups excluding carboxylic acids is 1. The first kappa shape index (κ1) is 12.7. The number of hydrogen-bond donors (Lipinski definition) is 0. The van der Waals surface area contributed by atoms with Gasteiger partial charge in [-0.15, -0.1) is 0 Å². The van der Waals surface area contributed by atoms with Crippen LogP contribution in [0, 0.1) is 23.1 Å². The van der Waals surface area contributed by atoms with Crippen LogP contribution in [0.2, 0.25) is 5.02 Å². The zero-order valence-corrected chi connectivity index (χ0v) is 9.59. The second-order valence-electron chi connectivity index (χ2n) is 3.46. The molecule has 0 radical (unpaired) electrons. The van der Waals surface area contributed by atoms with Gasteiger partial charge in [0.25, 0.3) is 0 Å². The maximum atomic E-state index is 12.8. The van der Waals surface area contributed by atoms with E-state index < -0.39 is 11.7 Å². The standard InChI is InChI=1S/C12H11ClFNO/c1-2-3-8(7-15)12(16)10-5-4-9(14)6-11(10)13/h4-6,8H,2-3H2,1H3. The van der Waals surface area contributed by atoms with E-state index in [-0.39, 0.29) is 16.4 Å². The molecule has 0 amide bonds. The van der Waals surface area contributed by atoms with Crippen molar-refractivity contribution in [3.8, 4) is 6.07 Å². The van der Waals surface area contributed by atoms with Crippen LogP contribution >= 0.6 is 11.6 Å². The molecular weight excluding hydrogens is 229 g/mol. The molecule has 1 atom stereocenters. The van der Waals surface area contributed by atoms with E-state index in [1.54, 1.807) is 0 Å². The van der Waals surface area contributed by atoms with Gasteiger partial charge < -0.3 is 0 Å². The van der Waals surface area contributed by atoms with E-state index in [4.69, 9.17) is 16.9 Å². The number of Topliss-reactive ketones (excluding diaryl/α,β-unsaturated/α-hetero) is 1. The third kappa shape index (κ3) is 2.80. The quantitative estimate of drug-likeness (QED) is 0.754. The first-order valence-electron chi connectivity index (χ1n) is 4.99. The van der Waals surface area contributed by atoms with Gasteiger partial charge in [-0.3, -0.25) is 4.79 Å². The number of carbonyl (C=O) groups is 1. The van der Waals surface area contributed by atoms with E-state index in [1.165, 1.54) is 12.1 Å². The molecule has 0 bridgehead atoms. The number of rotatable bonds is 4. The zero-order valence-electron chi connectivity index (χ0n) is 8.84. The molecule has 84 valence electrons. The molecule has 0 saturated carbocycles. The van der Waals surface area contributed by atoms with Crippen molar-refractivity contribution in [2.24, 2.45) is 5.92 Å². The van der Waals surface area contributed by atoms with Gasteiger partial charge in [0.15, 0.2) is 5.78 Å². The summed E-state index contributed by atoms with van der Waals surface area (Å²) in [6.45, 7) is 1.89. The molecular formula is C12H11ClFNO. The number of ketones is 1. The van der Waals surface area contributed by atoms with E-state index in [1.807, 2.05) is 13.0 Å². The summed E-state index contributed by atoms with van der Waals surface area (Å²) in [5, 5.41) is 8.90. The third-order valence-electron chi connectivity index (χ3n) is 2.25. The van der Waals surface area contributed by atoms with E-state index in [2.05, 4.69) is 0 Å². The van der Waals surface area contributed by atoms with Crippen molar-refractivity contribution in [3.05, 3.63) is 34.6 Å². The van der Waals surface area contributed by atoms with Crippen molar-refractivity contribution >= 4 is 17.4 Å². The smallest absolute Gasteiger partial charge is 0.181 e. The summed E-state index contributed by atoms with van der Waals surface area (Å²) in [6, 6.07) is 5.51. The molecule has 16 heavy (non-hydrogen) atoms. The van der Waals surface area contributed by atoms with Gasteiger partial charge >= 0.3 is 0 Å². The second kappa shape index (κ2) is 5.62. The van der Waals surface area contributed by atoms with Crippen molar-refractivity contribution in [1.82, 2.24) is 0 Å². The minimum Gasteiger partial charge on any atom is -0.293 e. The van der Waals surface area contributed by atoms with Crippen molar-refractivity contribution in [2.45, 2.75) is 19.8 Å². The van der Waals surface area contributed by atoms with Crippen LogP contribution in [0.3, 0.4) is 0 Å². The molecule has 0 N–H and O–H groups in total. The van der Waals surface area contributed by atoms with Gasteiger partial charge in [0.05, 0.1) is 11.1 Å². The monoisotopic (exact) mass is 239 g/mol. The molecule has 0 aliphatic carbocycles. The van der Waals surface area contributed by atoms with Crippen LogP contribution in [0.15, 0.2) is 18.2 Å². The predicted octanol–water partition coefficient (Wildman–Crippen LogP) is 3.60. The Morgan fingerprint density at radius 2 is 2.31 bits per heavy atom. The molecule has 0 fully saturated rings. The molecule has 1 aromatic rings. The summed E-state index contributed by atoms with van der Waals surface area (Å²) in [5.41, 5.74) is 0.211. The Labute approximate surface area is 98.6 Å². The van der Waals surface area contributed by atoms with Gasteiger partial charge in [-0.1, -0.05) is 24.9 Å². The van der Waals surface area contributed by atoms with E-state index in [0.717, 1.165) is 12.5 Å². The zero-order chi connectivity index (χ0) is 12.1. The maximum absolute atomic E-state index is 12.8. The van der Waals surface area contributed by atoms with Crippen LogP contribution in [-0.4, -0.2) is 5.78 Å². The third-order valence-corrected chi connectivity index (χ3v) is 2.56. The predicted molar refractivity (Wildman–Crippen MR) is 59.8 cm³/mol. The Bertz CT molecular complexity index is 439. The maximum Gasteiger partial charge on any atom is 0.181 e. The highest BCUT2D eigenvalue weighted by Crippen LogP contribution is 2.22. The highest BCUT2D eigenvalue weighted by molar-refractivity contribution is 6.34. The minimum absolute atomic E-state index is 0.0568. The summed E-state index contributed by atoms with van der Waals surface area (Å²) in [6.07, 6.45) is 1.23. The lowest BCUT2D eigenvalue weighted by Crippen LogP contribution is -2.13. The van der Waals surface area contributed by atoms with Gasteiger partial charge in [0, 0.05) is 5.56 Å². The van der Waals surface area contributed by atoms with Crippen LogP contribution < -0.4 is 0 Å². The van der Waals surface area contributed by atoms with E-state index >= 15 is 0 Å². The molecule has 0 saturated heterocycles. The van der Waals surface area contributed by atoms with Gasteiger partial charge in [0.1, 0.15) is 11.7 Å². The number of benzene rings is 1. The number of hydrogen-bond acceptors (Lipinski definition) is 2. The van der Waals surface area contributed by atoms with Crippen LogP contribution in [0.1, 0.15) is 30.1 Å². The lowest BCUT2D eigenvalue weighted by atomic mass is 9.95. The first-order valence-corrected chi connectivity index (χ1v) is 5.36. The SMILES string of the molecule is CCCC(C#N)C(=O)c1ccc(F)cc1Cl. The molecule has 1 rings (SSSR count). The topological polar surface area (TPSA) is 40.9 Å². The summed E-state index contributed by atoms with van der Waals surface area (Å²) < 4.78 is 12.8. The Morgan fingerprint density at radius 1 is 1.62 bits per heavy atom. The van der Waals surface area contributed by atoms with Crippen molar-refractivity contribution in [3.63, 3.8) is 0 Å². The summed E-state index contributed by atoms with van der Waals surface area (Å²) >= 11 is 5.76. The number of halogens is 2. The first-order chi connectivity index (χ1) is 7.60. The second-order valence-corrected chi connectivity index (χ2v) is 3.87. The number of nitrogens with zero attached hydrogens (tertiary/aromatic N) is 1. The Balaban J connectivity index is 3.00. The largest absolute Gasteiger partial charge is 0.293 e. The fourth-order valence-corrected chi connectivity index (χ4v) is 1.68. The Morgan fingerprint density at radius 3 is 2.81 bits per heavy atom. The van der Waals surface area contributed by atoms with Gasteiger partial charge in [-0.2, -0.15) is 5.26 Å². The van der Waals surface area contributed by atoms with Gasteiger partial charge in [0.2, 0.25) is 0 Å². The van der Waals surface area contributed by atoms with Crippen molar-refractivity contribution in [1.29, 1.82) is 5.26 Å². The minimum atomic E-state index is -0.701. The molecule has 0 heterocycles. The highest BCUT2D eigenvalue weighted by Gasteiger charge is 2.21. The number of nitriles is 1. The molecule has 1 unspecified atom stereocenters. The van der Waals surface area contributed by atoms with Gasteiger partial charge in [-0.25, -0.2) is 4.39 Å². The van der Waals surface area contributed by atoms with Gasteiger partial charge in [-0.05, 0) is 24.6 Å². The van der Waals surface area contributed by atoms with Crippen molar-refractivity contribution < 1.29 is 9.18 Å². The van der Waals surface area contributed by atoms with Crippen molar-refractivity contribution in [2.75, 3.05) is 0 Å². The fraction of sp³-hybridized carbons (Fsp3) is 0.333. The Kier molecular flexibility index (Phi) is 4.45. The normalized spacial score (nSPS) is 11.9. The fourth-order valence-electron chi connectivity index (χ4n) is 1.42. The van der Waals surface area contributed by atoms with Crippen LogP contribution in [0.5, 0.6) is 0 Å². The molecule has 0 aliphatic rings. The molecule has 2 nitrogen and oxygen atoms in total. The molecule has 4 heteroatoms. The van der Waals surface area contributed by atoms with Crippen LogP contribution in [0.25, 0.3) is 0 Å². The highest BCUT2D eigenvalue weighted by atomic mass is 35.5. The molecule has 0 spiro atoms. The average molecular weight is 240 g/mol.